The van der Waals surface area contributed by atoms with Crippen LogP contribution < -0.4 is 5.32 Å². The largest absolute Gasteiger partial charge is 0.340 e. The molecule has 2 fully saturated rings. The lowest BCUT2D eigenvalue weighted by atomic mass is 10.1. The lowest BCUT2D eigenvalue weighted by molar-refractivity contribution is -0.133. The van der Waals surface area contributed by atoms with Crippen molar-refractivity contribution in [1.82, 2.24) is 15.1 Å². The molecule has 7 heteroatoms. The topological polar surface area (TPSA) is 69.7 Å². The minimum absolute atomic E-state index is 0.0354. The third kappa shape index (κ3) is 3.66. The standard InChI is InChI=1S/C11H21N3O3S/c1-18(16,17)7-2-11(15)14-5-3-13(4-6-14)10-8-12-9-10/h10,12H,2-9H2,1H3. The second-order valence-electron chi connectivity index (χ2n) is 5.11. The van der Waals surface area contributed by atoms with Crippen molar-refractivity contribution in [3.63, 3.8) is 0 Å². The highest BCUT2D eigenvalue weighted by Crippen LogP contribution is 2.10. The minimum atomic E-state index is -3.04. The van der Waals surface area contributed by atoms with Crippen LogP contribution in [0.5, 0.6) is 0 Å². The van der Waals surface area contributed by atoms with Crippen LogP contribution in [0, 0.1) is 0 Å². The van der Waals surface area contributed by atoms with Gasteiger partial charge in [-0.2, -0.15) is 0 Å². The molecule has 0 unspecified atom stereocenters. The number of carbonyl (C=O) groups is 1. The summed E-state index contributed by atoms with van der Waals surface area (Å²) >= 11 is 0. The van der Waals surface area contributed by atoms with Crippen LogP contribution in [0.3, 0.4) is 0 Å². The van der Waals surface area contributed by atoms with Crippen molar-refractivity contribution >= 4 is 15.7 Å². The number of rotatable bonds is 4. The molecule has 0 saturated carbocycles. The van der Waals surface area contributed by atoms with Crippen LogP contribution in [-0.4, -0.2) is 81.4 Å². The van der Waals surface area contributed by atoms with Crippen LogP contribution in [0.2, 0.25) is 0 Å². The van der Waals surface area contributed by atoms with E-state index in [1.165, 1.54) is 6.26 Å². The molecule has 0 atom stereocenters. The molecule has 2 rings (SSSR count). The highest BCUT2D eigenvalue weighted by Gasteiger charge is 2.29. The average molecular weight is 275 g/mol. The van der Waals surface area contributed by atoms with E-state index < -0.39 is 9.84 Å². The smallest absolute Gasteiger partial charge is 0.223 e. The van der Waals surface area contributed by atoms with Gasteiger partial charge in [0.15, 0.2) is 0 Å². The Hall–Kier alpha value is -0.660. The molecule has 0 aromatic heterocycles. The van der Waals surface area contributed by atoms with Crippen LogP contribution in [0.1, 0.15) is 6.42 Å². The summed E-state index contributed by atoms with van der Waals surface area (Å²) in [6.07, 6.45) is 1.28. The van der Waals surface area contributed by atoms with Gasteiger partial charge in [0.25, 0.3) is 0 Å². The monoisotopic (exact) mass is 275 g/mol. The number of sulfone groups is 1. The predicted molar refractivity (Wildman–Crippen MR) is 69.1 cm³/mol. The SMILES string of the molecule is CS(=O)(=O)CCC(=O)N1CCN(C2CNC2)CC1. The summed E-state index contributed by atoms with van der Waals surface area (Å²) in [5, 5.41) is 3.24. The fourth-order valence-corrected chi connectivity index (χ4v) is 2.84. The molecular formula is C11H21N3O3S. The number of carbonyl (C=O) groups excluding carboxylic acids is 1. The summed E-state index contributed by atoms with van der Waals surface area (Å²) < 4.78 is 22.0. The molecule has 1 amide bonds. The molecule has 2 heterocycles. The van der Waals surface area contributed by atoms with Crippen molar-refractivity contribution in [2.45, 2.75) is 12.5 Å². The maximum atomic E-state index is 11.8. The van der Waals surface area contributed by atoms with Crippen LogP contribution >= 0.6 is 0 Å². The predicted octanol–water partition coefficient (Wildman–Crippen LogP) is -1.46. The molecule has 0 aromatic carbocycles. The number of piperazine rings is 1. The molecule has 104 valence electrons. The summed E-state index contributed by atoms with van der Waals surface area (Å²) in [5.74, 6) is -0.0784. The van der Waals surface area contributed by atoms with Gasteiger partial charge in [-0.25, -0.2) is 8.42 Å². The molecule has 0 aromatic rings. The highest BCUT2D eigenvalue weighted by molar-refractivity contribution is 7.90. The molecule has 0 aliphatic carbocycles. The Morgan fingerprint density at radius 3 is 2.28 bits per heavy atom. The molecule has 1 N–H and O–H groups in total. The first-order valence-electron chi connectivity index (χ1n) is 6.36. The lowest BCUT2D eigenvalue weighted by Gasteiger charge is -2.43. The van der Waals surface area contributed by atoms with E-state index in [1.54, 1.807) is 4.90 Å². The van der Waals surface area contributed by atoms with Gasteiger partial charge in [-0.05, 0) is 0 Å². The number of amides is 1. The van der Waals surface area contributed by atoms with Crippen molar-refractivity contribution in [1.29, 1.82) is 0 Å². The maximum Gasteiger partial charge on any atom is 0.223 e. The van der Waals surface area contributed by atoms with Crippen molar-refractivity contribution in [2.75, 3.05) is 51.3 Å². The van der Waals surface area contributed by atoms with E-state index in [-0.39, 0.29) is 18.1 Å². The van der Waals surface area contributed by atoms with Gasteiger partial charge in [-0.1, -0.05) is 0 Å². The van der Waals surface area contributed by atoms with Crippen molar-refractivity contribution in [2.24, 2.45) is 0 Å². The fourth-order valence-electron chi connectivity index (χ4n) is 2.30. The van der Waals surface area contributed by atoms with Crippen LogP contribution in [0.15, 0.2) is 0 Å². The number of hydrogen-bond acceptors (Lipinski definition) is 5. The Morgan fingerprint density at radius 2 is 1.83 bits per heavy atom. The zero-order chi connectivity index (χ0) is 13.2. The van der Waals surface area contributed by atoms with Gasteiger partial charge in [0.05, 0.1) is 5.75 Å². The molecule has 6 nitrogen and oxygen atoms in total. The Morgan fingerprint density at radius 1 is 1.22 bits per heavy atom. The van der Waals surface area contributed by atoms with Gasteiger partial charge in [0, 0.05) is 58.0 Å². The van der Waals surface area contributed by atoms with E-state index in [9.17, 15) is 13.2 Å². The Labute approximate surface area is 108 Å². The first-order chi connectivity index (χ1) is 8.46. The van der Waals surface area contributed by atoms with Gasteiger partial charge in [0.2, 0.25) is 5.91 Å². The zero-order valence-corrected chi connectivity index (χ0v) is 11.6. The Kier molecular flexibility index (Phi) is 4.24. The third-order valence-electron chi connectivity index (χ3n) is 3.63. The van der Waals surface area contributed by atoms with E-state index >= 15 is 0 Å². The molecule has 18 heavy (non-hydrogen) atoms. The zero-order valence-electron chi connectivity index (χ0n) is 10.8. The van der Waals surface area contributed by atoms with Gasteiger partial charge < -0.3 is 10.2 Å². The van der Waals surface area contributed by atoms with E-state index in [0.29, 0.717) is 6.04 Å². The quantitative estimate of drug-likeness (QED) is 0.679. The molecule has 0 spiro atoms. The summed E-state index contributed by atoms with van der Waals surface area (Å²) in [6.45, 7) is 5.33. The first-order valence-corrected chi connectivity index (χ1v) is 8.42. The number of nitrogens with zero attached hydrogens (tertiary/aromatic N) is 2. The van der Waals surface area contributed by atoms with Gasteiger partial charge >= 0.3 is 0 Å². The normalized spacial score (nSPS) is 22.8. The van der Waals surface area contributed by atoms with E-state index in [4.69, 9.17) is 0 Å². The fraction of sp³-hybridized carbons (Fsp3) is 0.909. The molecule has 0 radical (unpaired) electrons. The van der Waals surface area contributed by atoms with Crippen LogP contribution in [-0.2, 0) is 14.6 Å². The second-order valence-corrected chi connectivity index (χ2v) is 7.37. The van der Waals surface area contributed by atoms with Gasteiger partial charge in [-0.3, -0.25) is 9.69 Å². The summed E-state index contributed by atoms with van der Waals surface area (Å²) in [4.78, 5) is 16.0. The summed E-state index contributed by atoms with van der Waals surface area (Å²) in [7, 11) is -3.04. The summed E-state index contributed by atoms with van der Waals surface area (Å²) in [6, 6.07) is 0.623. The van der Waals surface area contributed by atoms with Gasteiger partial charge in [-0.15, -0.1) is 0 Å². The lowest BCUT2D eigenvalue weighted by Crippen LogP contribution is -2.62. The third-order valence-corrected chi connectivity index (χ3v) is 4.58. The number of hydrogen-bond donors (Lipinski definition) is 1. The van der Waals surface area contributed by atoms with Crippen LogP contribution in [0.4, 0.5) is 0 Å². The molecule has 2 aliphatic heterocycles. The molecule has 2 saturated heterocycles. The molecule has 0 bridgehead atoms. The van der Waals surface area contributed by atoms with Crippen molar-refractivity contribution < 1.29 is 13.2 Å². The summed E-state index contributed by atoms with van der Waals surface area (Å²) in [5.41, 5.74) is 0. The van der Waals surface area contributed by atoms with E-state index in [1.807, 2.05) is 0 Å². The van der Waals surface area contributed by atoms with Crippen molar-refractivity contribution in [3.05, 3.63) is 0 Å². The number of nitrogens with one attached hydrogen (secondary N) is 1. The minimum Gasteiger partial charge on any atom is -0.340 e. The molecule has 2 aliphatic rings. The molecular weight excluding hydrogens is 254 g/mol. The van der Waals surface area contributed by atoms with Crippen molar-refractivity contribution in [3.8, 4) is 0 Å². The van der Waals surface area contributed by atoms with E-state index in [2.05, 4.69) is 10.2 Å². The van der Waals surface area contributed by atoms with E-state index in [0.717, 1.165) is 39.3 Å². The van der Waals surface area contributed by atoms with Gasteiger partial charge in [0.1, 0.15) is 9.84 Å². The average Bonchev–Trinajstić information content (AvgIpc) is 2.23. The first kappa shape index (κ1) is 13.8. The highest BCUT2D eigenvalue weighted by atomic mass is 32.2. The Bertz CT molecular complexity index is 398. The van der Waals surface area contributed by atoms with Crippen LogP contribution in [0.25, 0.3) is 0 Å². The Balaban J connectivity index is 1.73. The second kappa shape index (κ2) is 5.54. The maximum absolute atomic E-state index is 11.8.